The first-order chi connectivity index (χ1) is 30.4. The van der Waals surface area contributed by atoms with Crippen LogP contribution in [-0.2, 0) is 23.7 Å². The van der Waals surface area contributed by atoms with Gasteiger partial charge in [0.1, 0.15) is 18.8 Å². The van der Waals surface area contributed by atoms with Gasteiger partial charge in [-0.05, 0) is 146 Å². The number of rotatable bonds is 14. The maximum atomic E-state index is 13.7. The van der Waals surface area contributed by atoms with Gasteiger partial charge < -0.3 is 28.8 Å². The SMILES string of the molecule is CC(C)CCC[C@@H](C)[C@H]1CC[C@H]2[C@@H]3CC[C@H]4C[C@@H](O[C@@H]5O[C@H](COC(=O)c6ccccc6)[C@@H](OC(=O)c6ccccc6)[C@H](OC(=O)c6ccccc6)[C@@H]5O)CC[C@]4(C)[C@H]3CC[C@]12C. The first-order valence-electron chi connectivity index (χ1n) is 24.1. The van der Waals surface area contributed by atoms with Gasteiger partial charge in [0, 0.05) is 0 Å². The average molecular weight is 863 g/mol. The lowest BCUT2D eigenvalue weighted by molar-refractivity contribution is -0.314. The Bertz CT molecular complexity index is 1990. The van der Waals surface area contributed by atoms with E-state index in [1.165, 1.54) is 57.8 Å². The molecular weight excluding hydrogens is 793 g/mol. The molecule has 1 heterocycles. The minimum Gasteiger partial charge on any atom is -0.459 e. The smallest absolute Gasteiger partial charge is 0.338 e. The molecule has 14 atom stereocenters. The fourth-order valence-electron chi connectivity index (χ4n) is 13.3. The Labute approximate surface area is 375 Å². The molecule has 9 heteroatoms. The van der Waals surface area contributed by atoms with Crippen LogP contribution in [0, 0.1) is 52.3 Å². The second kappa shape index (κ2) is 19.6. The van der Waals surface area contributed by atoms with Gasteiger partial charge >= 0.3 is 17.9 Å². The van der Waals surface area contributed by atoms with Gasteiger partial charge in [0.2, 0.25) is 0 Å². The average Bonchev–Trinajstić information content (AvgIpc) is 3.66. The summed E-state index contributed by atoms with van der Waals surface area (Å²) in [6, 6.07) is 25.5. The van der Waals surface area contributed by atoms with Crippen molar-refractivity contribution in [2.45, 2.75) is 148 Å². The van der Waals surface area contributed by atoms with Gasteiger partial charge in [0.15, 0.2) is 18.5 Å². The first kappa shape index (κ1) is 45.5. The summed E-state index contributed by atoms with van der Waals surface area (Å²) >= 11 is 0. The molecule has 63 heavy (non-hydrogen) atoms. The molecule has 0 unspecified atom stereocenters. The van der Waals surface area contributed by atoms with Gasteiger partial charge in [-0.15, -0.1) is 0 Å². The number of fused-ring (bicyclic) bond motifs is 5. The number of esters is 3. The van der Waals surface area contributed by atoms with E-state index in [9.17, 15) is 19.5 Å². The molecule has 3 aromatic rings. The topological polar surface area (TPSA) is 118 Å². The highest BCUT2D eigenvalue weighted by Gasteiger charge is 2.61. The molecule has 1 N–H and O–H groups in total. The van der Waals surface area contributed by atoms with Gasteiger partial charge in [0.05, 0.1) is 22.8 Å². The van der Waals surface area contributed by atoms with Crippen molar-refractivity contribution in [3.05, 3.63) is 108 Å². The van der Waals surface area contributed by atoms with Crippen LogP contribution >= 0.6 is 0 Å². The van der Waals surface area contributed by atoms with E-state index in [1.807, 2.05) is 0 Å². The van der Waals surface area contributed by atoms with Crippen LogP contribution in [0.5, 0.6) is 0 Å². The maximum absolute atomic E-state index is 13.7. The number of aliphatic hydroxyl groups excluding tert-OH is 1. The lowest BCUT2D eigenvalue weighted by Crippen LogP contribution is -2.62. The Morgan fingerprint density at radius 2 is 1.25 bits per heavy atom. The summed E-state index contributed by atoms with van der Waals surface area (Å²) in [5, 5.41) is 12.1. The van der Waals surface area contributed by atoms with Crippen LogP contribution < -0.4 is 0 Å². The van der Waals surface area contributed by atoms with Crippen LogP contribution in [0.2, 0.25) is 0 Å². The van der Waals surface area contributed by atoms with E-state index < -0.39 is 48.6 Å². The van der Waals surface area contributed by atoms with Crippen molar-refractivity contribution in [1.29, 1.82) is 0 Å². The van der Waals surface area contributed by atoms with Crippen molar-refractivity contribution in [2.24, 2.45) is 52.3 Å². The molecule has 5 fully saturated rings. The van der Waals surface area contributed by atoms with Crippen molar-refractivity contribution in [3.63, 3.8) is 0 Å². The van der Waals surface area contributed by atoms with E-state index in [-0.39, 0.29) is 29.3 Å². The highest BCUT2D eigenvalue weighted by atomic mass is 16.7. The minimum atomic E-state index is -1.52. The number of benzene rings is 3. The van der Waals surface area contributed by atoms with Crippen molar-refractivity contribution in [3.8, 4) is 0 Å². The molecule has 0 radical (unpaired) electrons. The van der Waals surface area contributed by atoms with Crippen LogP contribution in [0.1, 0.15) is 143 Å². The van der Waals surface area contributed by atoms with E-state index >= 15 is 0 Å². The summed E-state index contributed by atoms with van der Waals surface area (Å²) < 4.78 is 31.2. The number of aliphatic hydroxyl groups is 1. The summed E-state index contributed by atoms with van der Waals surface area (Å²) in [5.41, 5.74) is 1.53. The largest absolute Gasteiger partial charge is 0.459 e. The van der Waals surface area contributed by atoms with E-state index in [4.69, 9.17) is 23.7 Å². The monoisotopic (exact) mass is 863 g/mol. The molecule has 1 aliphatic heterocycles. The lowest BCUT2D eigenvalue weighted by atomic mass is 9.44. The van der Waals surface area contributed by atoms with Gasteiger partial charge in [-0.25, -0.2) is 14.4 Å². The summed E-state index contributed by atoms with van der Waals surface area (Å²) in [6.07, 6.45) is 7.68. The Morgan fingerprint density at radius 3 is 1.87 bits per heavy atom. The van der Waals surface area contributed by atoms with Crippen molar-refractivity contribution in [1.82, 2.24) is 0 Å². The van der Waals surface area contributed by atoms with Gasteiger partial charge in [-0.3, -0.25) is 0 Å². The Hall–Kier alpha value is -4.05. The molecule has 8 rings (SSSR count). The Morgan fingerprint density at radius 1 is 0.683 bits per heavy atom. The Kier molecular flexibility index (Phi) is 14.2. The molecule has 340 valence electrons. The second-order valence-corrected chi connectivity index (χ2v) is 20.7. The minimum absolute atomic E-state index is 0.211. The van der Waals surface area contributed by atoms with Crippen LogP contribution in [0.4, 0.5) is 0 Å². The van der Waals surface area contributed by atoms with Crippen molar-refractivity contribution >= 4 is 17.9 Å². The number of hydrogen-bond acceptors (Lipinski definition) is 9. The predicted molar refractivity (Wildman–Crippen MR) is 241 cm³/mol. The normalized spacial score (nSPS) is 35.4. The molecule has 0 bridgehead atoms. The molecular formula is C54H70O9. The molecule has 1 saturated heterocycles. The summed E-state index contributed by atoms with van der Waals surface area (Å²) in [7, 11) is 0. The third-order valence-corrected chi connectivity index (χ3v) is 16.7. The fourth-order valence-corrected chi connectivity index (χ4v) is 13.3. The quantitative estimate of drug-likeness (QED) is 0.0960. The van der Waals surface area contributed by atoms with Gasteiger partial charge in [-0.2, -0.15) is 0 Å². The summed E-state index contributed by atoms with van der Waals surface area (Å²) in [4.78, 5) is 40.6. The van der Waals surface area contributed by atoms with Crippen LogP contribution in [0.25, 0.3) is 0 Å². The Balaban J connectivity index is 0.989. The van der Waals surface area contributed by atoms with E-state index in [1.54, 1.807) is 91.0 Å². The number of hydrogen-bond donors (Lipinski definition) is 1. The van der Waals surface area contributed by atoms with E-state index in [0.717, 1.165) is 48.9 Å². The highest BCUT2D eigenvalue weighted by molar-refractivity contribution is 5.91. The summed E-state index contributed by atoms with van der Waals surface area (Å²) in [6.45, 7) is 12.1. The molecule has 0 spiro atoms. The zero-order valence-corrected chi connectivity index (χ0v) is 38.1. The zero-order chi connectivity index (χ0) is 44.3. The number of carbonyl (C=O) groups excluding carboxylic acids is 3. The zero-order valence-electron chi connectivity index (χ0n) is 38.1. The lowest BCUT2D eigenvalue weighted by Gasteiger charge is -2.61. The van der Waals surface area contributed by atoms with Crippen molar-refractivity contribution in [2.75, 3.05) is 6.61 Å². The van der Waals surface area contributed by atoms with E-state index in [2.05, 4.69) is 34.6 Å². The molecule has 4 saturated carbocycles. The second-order valence-electron chi connectivity index (χ2n) is 20.7. The fraction of sp³-hybridized carbons (Fsp3) is 0.611. The third kappa shape index (κ3) is 9.67. The first-order valence-corrected chi connectivity index (χ1v) is 24.1. The van der Waals surface area contributed by atoms with Crippen LogP contribution in [-0.4, -0.2) is 66.4 Å². The molecule has 0 aromatic heterocycles. The highest BCUT2D eigenvalue weighted by Crippen LogP contribution is 2.68. The number of carbonyl (C=O) groups is 3. The summed E-state index contributed by atoms with van der Waals surface area (Å²) in [5.74, 6) is 3.14. The van der Waals surface area contributed by atoms with Crippen LogP contribution in [0.15, 0.2) is 91.0 Å². The molecule has 4 aliphatic carbocycles. The molecule has 9 nitrogen and oxygen atoms in total. The predicted octanol–water partition coefficient (Wildman–Crippen LogP) is 10.9. The van der Waals surface area contributed by atoms with E-state index in [0.29, 0.717) is 22.8 Å². The van der Waals surface area contributed by atoms with Gasteiger partial charge in [-0.1, -0.05) is 108 Å². The number of ether oxygens (including phenoxy) is 5. The van der Waals surface area contributed by atoms with Crippen molar-refractivity contribution < 1.29 is 43.2 Å². The third-order valence-electron chi connectivity index (χ3n) is 16.7. The van der Waals surface area contributed by atoms with Gasteiger partial charge in [0.25, 0.3) is 0 Å². The standard InChI is InChI=1S/C54H70O9/c1-34(2)16-15-17-35(3)42-26-27-43-41-25-24-39-32-40(28-30-53(39,4)44(41)29-31-54(42,43)5)60-52-46(55)48(63-51(58)38-22-13-8-14-23-38)47(62-50(57)37-20-11-7-12-21-37)45(61-52)33-59-49(56)36-18-9-6-10-19-36/h6-14,18-23,34-35,39-48,52,55H,15-17,24-33H2,1-5H3/t35-,39+,40+,41+,42-,43+,44+,45-,46+,47-,48-,52-,53+,54-/m1/s1. The molecule has 0 amide bonds. The maximum Gasteiger partial charge on any atom is 0.338 e. The molecule has 3 aromatic carbocycles. The molecule has 5 aliphatic rings. The van der Waals surface area contributed by atoms with Crippen LogP contribution in [0.3, 0.4) is 0 Å².